The van der Waals surface area contributed by atoms with Crippen LogP contribution in [0.3, 0.4) is 0 Å². The van der Waals surface area contributed by atoms with Gasteiger partial charge < -0.3 is 21.3 Å². The van der Waals surface area contributed by atoms with Crippen LogP contribution in [0.15, 0.2) is 54.6 Å². The molecule has 2 atom stereocenters. The van der Waals surface area contributed by atoms with E-state index in [-0.39, 0.29) is 17.6 Å². The van der Waals surface area contributed by atoms with E-state index >= 15 is 0 Å². The van der Waals surface area contributed by atoms with E-state index in [1.54, 1.807) is 17.0 Å². The summed E-state index contributed by atoms with van der Waals surface area (Å²) in [5.41, 5.74) is 13.8. The van der Waals surface area contributed by atoms with Crippen molar-refractivity contribution in [2.75, 3.05) is 26.2 Å². The first-order valence-electron chi connectivity index (χ1n) is 10.8. The molecule has 2 unspecified atom stereocenters. The fraction of sp³-hybridized carbons (Fsp3) is 0.417. The molecular formula is C24H31FN4O2. The lowest BCUT2D eigenvalue weighted by Crippen LogP contribution is -2.61. The van der Waals surface area contributed by atoms with Crippen molar-refractivity contribution in [3.05, 3.63) is 71.5 Å². The molecule has 4 N–H and O–H groups in total. The number of amides is 2. The van der Waals surface area contributed by atoms with Crippen LogP contribution in [-0.2, 0) is 22.4 Å². The second-order valence-electron chi connectivity index (χ2n) is 7.98. The van der Waals surface area contributed by atoms with Crippen molar-refractivity contribution in [2.45, 2.75) is 37.8 Å². The lowest BCUT2D eigenvalue weighted by molar-refractivity contribution is -0.152. The van der Waals surface area contributed by atoms with Gasteiger partial charge in [-0.15, -0.1) is 0 Å². The molecule has 2 aromatic rings. The Balaban J connectivity index is 1.65. The zero-order valence-electron chi connectivity index (χ0n) is 17.8. The van der Waals surface area contributed by atoms with Gasteiger partial charge in [0.05, 0.1) is 6.04 Å². The summed E-state index contributed by atoms with van der Waals surface area (Å²) >= 11 is 0. The first kappa shape index (κ1) is 22.9. The molecule has 3 rings (SSSR count). The van der Waals surface area contributed by atoms with E-state index in [1.165, 1.54) is 17.7 Å². The number of benzene rings is 2. The van der Waals surface area contributed by atoms with Crippen molar-refractivity contribution in [1.29, 1.82) is 0 Å². The molecule has 1 heterocycles. The van der Waals surface area contributed by atoms with Crippen LogP contribution < -0.4 is 11.5 Å². The Morgan fingerprint density at radius 2 is 1.77 bits per heavy atom. The predicted molar refractivity (Wildman–Crippen MR) is 119 cm³/mol. The Morgan fingerprint density at radius 1 is 1.06 bits per heavy atom. The molecule has 2 amide bonds. The van der Waals surface area contributed by atoms with Crippen molar-refractivity contribution < 1.29 is 14.0 Å². The molecule has 0 aliphatic carbocycles. The predicted octanol–water partition coefficient (Wildman–Crippen LogP) is 1.72. The van der Waals surface area contributed by atoms with Gasteiger partial charge in [0.1, 0.15) is 11.9 Å². The van der Waals surface area contributed by atoms with Gasteiger partial charge in [-0.25, -0.2) is 4.39 Å². The smallest absolute Gasteiger partial charge is 0.245 e. The molecule has 0 bridgehead atoms. The van der Waals surface area contributed by atoms with Gasteiger partial charge in [-0.1, -0.05) is 42.5 Å². The largest absolute Gasteiger partial charge is 0.339 e. The molecule has 0 saturated carbocycles. The molecule has 1 fully saturated rings. The molecule has 0 aromatic heterocycles. The lowest BCUT2D eigenvalue weighted by Gasteiger charge is -2.41. The zero-order valence-corrected chi connectivity index (χ0v) is 17.8. The Morgan fingerprint density at radius 3 is 2.45 bits per heavy atom. The van der Waals surface area contributed by atoms with Crippen LogP contribution in [-0.4, -0.2) is 59.9 Å². The summed E-state index contributed by atoms with van der Waals surface area (Å²) in [5, 5.41) is 0. The SMILES string of the molecule is NCCCC1C(=O)N(CCc2ccccc2)CCN1C(=O)C(N)Cc1ccc(F)cc1. The second kappa shape index (κ2) is 11.0. The highest BCUT2D eigenvalue weighted by Crippen LogP contribution is 2.19. The highest BCUT2D eigenvalue weighted by atomic mass is 19.1. The normalized spacial score (nSPS) is 17.6. The maximum Gasteiger partial charge on any atom is 0.245 e. The monoisotopic (exact) mass is 426 g/mol. The standard InChI is InChI=1S/C24H31FN4O2/c25-20-10-8-19(9-11-20)17-21(27)23(30)29-16-15-28(24(31)22(29)7-4-13-26)14-12-18-5-2-1-3-6-18/h1-3,5-6,8-11,21-22H,4,7,12-17,26-27H2. The van der Waals surface area contributed by atoms with Gasteiger partial charge in [0, 0.05) is 19.6 Å². The molecule has 6 nitrogen and oxygen atoms in total. The molecule has 2 aromatic carbocycles. The maximum atomic E-state index is 13.2. The van der Waals surface area contributed by atoms with E-state index in [1.807, 2.05) is 35.2 Å². The van der Waals surface area contributed by atoms with E-state index < -0.39 is 12.1 Å². The van der Waals surface area contributed by atoms with Gasteiger partial charge in [-0.05, 0) is 55.5 Å². The van der Waals surface area contributed by atoms with E-state index in [0.29, 0.717) is 45.4 Å². The van der Waals surface area contributed by atoms with Crippen LogP contribution in [0.2, 0.25) is 0 Å². The van der Waals surface area contributed by atoms with E-state index in [4.69, 9.17) is 11.5 Å². The third kappa shape index (κ3) is 6.12. The zero-order chi connectivity index (χ0) is 22.2. The number of nitrogens with two attached hydrogens (primary N) is 2. The van der Waals surface area contributed by atoms with Crippen LogP contribution in [0.4, 0.5) is 4.39 Å². The molecule has 7 heteroatoms. The van der Waals surface area contributed by atoms with E-state index in [0.717, 1.165) is 12.0 Å². The van der Waals surface area contributed by atoms with Crippen molar-refractivity contribution in [1.82, 2.24) is 9.80 Å². The van der Waals surface area contributed by atoms with Crippen molar-refractivity contribution >= 4 is 11.8 Å². The lowest BCUT2D eigenvalue weighted by atomic mass is 10.0. The molecule has 0 spiro atoms. The first-order valence-corrected chi connectivity index (χ1v) is 10.8. The van der Waals surface area contributed by atoms with Crippen molar-refractivity contribution in [3.8, 4) is 0 Å². The van der Waals surface area contributed by atoms with Crippen LogP contribution in [0.1, 0.15) is 24.0 Å². The molecule has 0 radical (unpaired) electrons. The molecule has 1 aliphatic rings. The van der Waals surface area contributed by atoms with Crippen LogP contribution >= 0.6 is 0 Å². The summed E-state index contributed by atoms with van der Waals surface area (Å²) in [5.74, 6) is -0.622. The summed E-state index contributed by atoms with van der Waals surface area (Å²) in [7, 11) is 0. The van der Waals surface area contributed by atoms with Gasteiger partial charge in [0.2, 0.25) is 11.8 Å². The molecule has 1 saturated heterocycles. The average molecular weight is 427 g/mol. The summed E-state index contributed by atoms with van der Waals surface area (Å²) in [6, 6.07) is 14.7. The maximum absolute atomic E-state index is 13.2. The van der Waals surface area contributed by atoms with Crippen molar-refractivity contribution in [2.24, 2.45) is 11.5 Å². The van der Waals surface area contributed by atoms with Gasteiger partial charge in [0.15, 0.2) is 0 Å². The van der Waals surface area contributed by atoms with Crippen LogP contribution in [0, 0.1) is 5.82 Å². The highest BCUT2D eigenvalue weighted by Gasteiger charge is 2.38. The van der Waals surface area contributed by atoms with E-state index in [2.05, 4.69) is 0 Å². The Kier molecular flexibility index (Phi) is 8.14. The number of hydrogen-bond donors (Lipinski definition) is 2. The second-order valence-corrected chi connectivity index (χ2v) is 7.98. The van der Waals surface area contributed by atoms with Crippen LogP contribution in [0.25, 0.3) is 0 Å². The van der Waals surface area contributed by atoms with Gasteiger partial charge in [-0.3, -0.25) is 9.59 Å². The Labute approximate surface area is 183 Å². The number of carbonyl (C=O) groups excluding carboxylic acids is 2. The minimum atomic E-state index is -0.783. The summed E-state index contributed by atoms with van der Waals surface area (Å²) in [6.07, 6.45) is 2.24. The molecule has 31 heavy (non-hydrogen) atoms. The minimum Gasteiger partial charge on any atom is -0.339 e. The average Bonchev–Trinajstić information content (AvgIpc) is 2.79. The fourth-order valence-electron chi connectivity index (χ4n) is 4.00. The Bertz CT molecular complexity index is 860. The minimum absolute atomic E-state index is 0.0436. The quantitative estimate of drug-likeness (QED) is 0.639. The summed E-state index contributed by atoms with van der Waals surface area (Å²) in [4.78, 5) is 29.7. The van der Waals surface area contributed by atoms with E-state index in [9.17, 15) is 14.0 Å². The summed E-state index contributed by atoms with van der Waals surface area (Å²) < 4.78 is 13.1. The number of halogens is 1. The fourth-order valence-corrected chi connectivity index (χ4v) is 4.00. The topological polar surface area (TPSA) is 92.7 Å². The highest BCUT2D eigenvalue weighted by molar-refractivity contribution is 5.91. The van der Waals surface area contributed by atoms with Crippen molar-refractivity contribution in [3.63, 3.8) is 0 Å². The number of hydrogen-bond acceptors (Lipinski definition) is 4. The molecule has 1 aliphatic heterocycles. The third-order valence-electron chi connectivity index (χ3n) is 5.75. The molecule has 166 valence electrons. The first-order chi connectivity index (χ1) is 15.0. The van der Waals surface area contributed by atoms with Gasteiger partial charge in [-0.2, -0.15) is 0 Å². The third-order valence-corrected chi connectivity index (χ3v) is 5.75. The van der Waals surface area contributed by atoms with Crippen LogP contribution in [0.5, 0.6) is 0 Å². The summed E-state index contributed by atoms with van der Waals surface area (Å²) in [6.45, 7) is 2.01. The van der Waals surface area contributed by atoms with Gasteiger partial charge in [0.25, 0.3) is 0 Å². The molecular weight excluding hydrogens is 395 g/mol. The number of nitrogens with zero attached hydrogens (tertiary/aromatic N) is 2. The van der Waals surface area contributed by atoms with Gasteiger partial charge >= 0.3 is 0 Å². The number of piperazine rings is 1. The number of carbonyl (C=O) groups is 2. The number of rotatable bonds is 9. The Hall–Kier alpha value is -2.77.